The fourth-order valence-electron chi connectivity index (χ4n) is 4.21. The van der Waals surface area contributed by atoms with Crippen LogP contribution >= 0.6 is 27.3 Å². The van der Waals surface area contributed by atoms with Gasteiger partial charge in [-0.15, -0.1) is 11.3 Å². The molecule has 1 unspecified atom stereocenters. The number of aromatic nitrogens is 1. The summed E-state index contributed by atoms with van der Waals surface area (Å²) in [7, 11) is 2.18. The second-order valence-corrected chi connectivity index (χ2v) is 10.9. The third-order valence-electron chi connectivity index (χ3n) is 5.90. The molecular formula is C25H31BrN4OS. The number of thiophene rings is 1. The van der Waals surface area contributed by atoms with Gasteiger partial charge in [0.2, 0.25) is 0 Å². The standard InChI is InChI=1S/C25H31BrN4OS/c1-17(2)6-11-21(28-25(31)27-19-9-7-18(26)8-10-19)23-20-12-15-29(3)16-22(20)32-24(23)30-13-4-5-14-30/h4-5,7-10,13-14,17,21H,6,11-12,15-16H2,1-3H3,(H2,27,28,31). The van der Waals surface area contributed by atoms with E-state index in [4.69, 9.17) is 0 Å². The Labute approximate surface area is 203 Å². The summed E-state index contributed by atoms with van der Waals surface area (Å²) >= 11 is 5.31. The van der Waals surface area contributed by atoms with E-state index in [1.54, 1.807) is 0 Å². The number of hydrogen-bond acceptors (Lipinski definition) is 3. The maximum atomic E-state index is 13.0. The number of benzene rings is 1. The monoisotopic (exact) mass is 514 g/mol. The molecule has 1 aliphatic rings. The van der Waals surface area contributed by atoms with Crippen molar-refractivity contribution in [1.82, 2.24) is 14.8 Å². The number of rotatable bonds is 7. The molecule has 0 radical (unpaired) electrons. The minimum absolute atomic E-state index is 0.0337. The van der Waals surface area contributed by atoms with Crippen LogP contribution in [0.2, 0.25) is 0 Å². The van der Waals surface area contributed by atoms with Crippen molar-refractivity contribution >= 4 is 39.0 Å². The highest BCUT2D eigenvalue weighted by atomic mass is 79.9. The largest absolute Gasteiger partial charge is 0.331 e. The molecule has 1 aromatic carbocycles. The van der Waals surface area contributed by atoms with Crippen LogP contribution in [0.3, 0.4) is 0 Å². The lowest BCUT2D eigenvalue weighted by Crippen LogP contribution is -2.34. The maximum absolute atomic E-state index is 13.0. The molecule has 0 aliphatic carbocycles. The van der Waals surface area contributed by atoms with E-state index in [-0.39, 0.29) is 12.1 Å². The van der Waals surface area contributed by atoms with Crippen LogP contribution < -0.4 is 10.6 Å². The molecule has 1 aliphatic heterocycles. The summed E-state index contributed by atoms with van der Waals surface area (Å²) in [6, 6.07) is 11.6. The average Bonchev–Trinajstić information content (AvgIpc) is 3.40. The number of urea groups is 1. The summed E-state index contributed by atoms with van der Waals surface area (Å²) in [6.45, 7) is 6.49. The van der Waals surface area contributed by atoms with Gasteiger partial charge in [-0.1, -0.05) is 29.8 Å². The van der Waals surface area contributed by atoms with Gasteiger partial charge >= 0.3 is 6.03 Å². The fourth-order valence-corrected chi connectivity index (χ4v) is 5.93. The first-order chi connectivity index (χ1) is 15.4. The molecule has 1 atom stereocenters. The predicted molar refractivity (Wildman–Crippen MR) is 137 cm³/mol. The van der Waals surface area contributed by atoms with Crippen molar-refractivity contribution in [3.05, 3.63) is 69.3 Å². The van der Waals surface area contributed by atoms with Crippen LogP contribution in [-0.2, 0) is 13.0 Å². The van der Waals surface area contributed by atoms with Gasteiger partial charge in [0.15, 0.2) is 0 Å². The zero-order chi connectivity index (χ0) is 22.7. The first-order valence-corrected chi connectivity index (χ1v) is 12.8. The van der Waals surface area contributed by atoms with E-state index in [0.29, 0.717) is 5.92 Å². The van der Waals surface area contributed by atoms with Crippen LogP contribution in [0.25, 0.3) is 5.00 Å². The van der Waals surface area contributed by atoms with Gasteiger partial charge in [-0.25, -0.2) is 4.79 Å². The average molecular weight is 516 g/mol. The van der Waals surface area contributed by atoms with Crippen molar-refractivity contribution in [2.45, 2.75) is 45.7 Å². The predicted octanol–water partition coefficient (Wildman–Crippen LogP) is 6.59. The lowest BCUT2D eigenvalue weighted by molar-refractivity contribution is 0.247. The highest BCUT2D eigenvalue weighted by Gasteiger charge is 2.29. The van der Waals surface area contributed by atoms with E-state index in [1.165, 1.54) is 21.0 Å². The molecule has 170 valence electrons. The SMILES string of the molecule is CC(C)CCC(NC(=O)Nc1ccc(Br)cc1)c1c(-n2cccc2)sc2c1CCN(C)C2. The Hall–Kier alpha value is -2.09. The maximum Gasteiger partial charge on any atom is 0.319 e. The molecule has 4 rings (SSSR count). The molecule has 0 spiro atoms. The summed E-state index contributed by atoms with van der Waals surface area (Å²) in [5.74, 6) is 0.574. The van der Waals surface area contributed by atoms with Crippen molar-refractivity contribution in [3.8, 4) is 5.00 Å². The van der Waals surface area contributed by atoms with Gasteiger partial charge in [0, 0.05) is 46.1 Å². The van der Waals surface area contributed by atoms with E-state index < -0.39 is 0 Å². The molecule has 0 saturated heterocycles. The van der Waals surface area contributed by atoms with E-state index in [9.17, 15) is 4.79 Å². The zero-order valence-electron chi connectivity index (χ0n) is 18.9. The first kappa shape index (κ1) is 23.1. The Balaban J connectivity index is 1.66. The summed E-state index contributed by atoms with van der Waals surface area (Å²) in [6.07, 6.45) is 7.20. The molecule has 0 bridgehead atoms. The van der Waals surface area contributed by atoms with Crippen LogP contribution in [0.4, 0.5) is 10.5 Å². The van der Waals surface area contributed by atoms with Crippen LogP contribution in [0.1, 0.15) is 48.7 Å². The Morgan fingerprint density at radius 3 is 2.56 bits per heavy atom. The Morgan fingerprint density at radius 2 is 1.88 bits per heavy atom. The summed E-state index contributed by atoms with van der Waals surface area (Å²) < 4.78 is 3.19. The number of amides is 2. The molecule has 5 nitrogen and oxygen atoms in total. The highest BCUT2D eigenvalue weighted by molar-refractivity contribution is 9.10. The zero-order valence-corrected chi connectivity index (χ0v) is 21.3. The lowest BCUT2D eigenvalue weighted by atomic mass is 9.93. The number of anilines is 1. The quantitative estimate of drug-likeness (QED) is 0.373. The van der Waals surface area contributed by atoms with E-state index >= 15 is 0 Å². The number of carbonyl (C=O) groups excluding carboxylic acids is 1. The number of hydrogen-bond donors (Lipinski definition) is 2. The molecule has 2 aromatic heterocycles. The van der Waals surface area contributed by atoms with Crippen LogP contribution in [0.5, 0.6) is 0 Å². The van der Waals surface area contributed by atoms with E-state index in [1.807, 2.05) is 35.6 Å². The van der Waals surface area contributed by atoms with E-state index in [0.717, 1.165) is 42.5 Å². The summed E-state index contributed by atoms with van der Waals surface area (Å²) in [5.41, 5.74) is 3.50. The Kier molecular flexibility index (Phi) is 7.38. The molecule has 2 N–H and O–H groups in total. The van der Waals surface area contributed by atoms with Gasteiger partial charge < -0.3 is 20.1 Å². The molecule has 0 fully saturated rings. The second kappa shape index (κ2) is 10.2. The topological polar surface area (TPSA) is 49.3 Å². The highest BCUT2D eigenvalue weighted by Crippen LogP contribution is 2.40. The normalized spacial score (nSPS) is 14.9. The van der Waals surface area contributed by atoms with Crippen molar-refractivity contribution in [2.75, 3.05) is 18.9 Å². The number of fused-ring (bicyclic) bond motifs is 1. The number of halogens is 1. The van der Waals surface area contributed by atoms with Gasteiger partial charge in [0.25, 0.3) is 0 Å². The van der Waals surface area contributed by atoms with Gasteiger partial charge in [-0.3, -0.25) is 0 Å². The molecule has 7 heteroatoms. The number of carbonyl (C=O) groups is 1. The van der Waals surface area contributed by atoms with Gasteiger partial charge in [-0.05, 0) is 74.2 Å². The third-order valence-corrected chi connectivity index (χ3v) is 7.67. The fraction of sp³-hybridized carbons (Fsp3) is 0.400. The van der Waals surface area contributed by atoms with Gasteiger partial charge in [0.1, 0.15) is 5.00 Å². The number of likely N-dealkylation sites (N-methyl/N-ethyl adjacent to an activating group) is 1. The third kappa shape index (κ3) is 5.45. The minimum atomic E-state index is -0.160. The van der Waals surface area contributed by atoms with E-state index in [2.05, 4.69) is 81.5 Å². The Morgan fingerprint density at radius 1 is 1.16 bits per heavy atom. The summed E-state index contributed by atoms with van der Waals surface area (Å²) in [4.78, 5) is 16.8. The molecule has 0 saturated carbocycles. The number of nitrogens with zero attached hydrogens (tertiary/aromatic N) is 2. The lowest BCUT2D eigenvalue weighted by Gasteiger charge is -2.26. The second-order valence-electron chi connectivity index (χ2n) is 8.93. The summed E-state index contributed by atoms with van der Waals surface area (Å²) in [5, 5.41) is 7.56. The van der Waals surface area contributed by atoms with Crippen molar-refractivity contribution in [2.24, 2.45) is 5.92 Å². The van der Waals surface area contributed by atoms with Crippen LogP contribution in [-0.4, -0.2) is 29.1 Å². The van der Waals surface area contributed by atoms with Crippen molar-refractivity contribution in [3.63, 3.8) is 0 Å². The van der Waals surface area contributed by atoms with Crippen LogP contribution in [0, 0.1) is 5.92 Å². The molecule has 32 heavy (non-hydrogen) atoms. The number of nitrogens with one attached hydrogen (secondary N) is 2. The van der Waals surface area contributed by atoms with Crippen molar-refractivity contribution in [1.29, 1.82) is 0 Å². The molecule has 3 aromatic rings. The first-order valence-electron chi connectivity index (χ1n) is 11.2. The molecular weight excluding hydrogens is 484 g/mol. The van der Waals surface area contributed by atoms with Crippen molar-refractivity contribution < 1.29 is 4.79 Å². The van der Waals surface area contributed by atoms with Crippen LogP contribution in [0.15, 0.2) is 53.3 Å². The van der Waals surface area contributed by atoms with Gasteiger partial charge in [-0.2, -0.15) is 0 Å². The smallest absolute Gasteiger partial charge is 0.319 e. The molecule has 2 amide bonds. The Bertz CT molecular complexity index is 1040. The minimum Gasteiger partial charge on any atom is -0.331 e. The van der Waals surface area contributed by atoms with Gasteiger partial charge in [0.05, 0.1) is 6.04 Å². The molecule has 3 heterocycles.